The van der Waals surface area contributed by atoms with Crippen LogP contribution in [-0.2, 0) is 5.88 Å². The average Bonchev–Trinajstić information content (AvgIpc) is 2.66. The molecule has 0 unspecified atom stereocenters. The largest absolute Gasteiger partial charge is 0.240 e. The summed E-state index contributed by atoms with van der Waals surface area (Å²) >= 11 is 10.5. The second-order valence-corrected chi connectivity index (χ2v) is 4.88. The van der Waals surface area contributed by atoms with E-state index < -0.39 is 0 Å². The number of hydrogen-bond acceptors (Lipinski definition) is 2. The lowest BCUT2D eigenvalue weighted by atomic mass is 10.2. The Morgan fingerprint density at radius 3 is 2.87 bits per heavy atom. The summed E-state index contributed by atoms with van der Waals surface area (Å²) in [7, 11) is 0. The minimum absolute atomic E-state index is 0.264. The molecule has 2 aromatic rings. The molecular weight excluding hydrogens is 301 g/mol. The third-order valence-electron chi connectivity index (χ3n) is 1.85. The fourth-order valence-corrected chi connectivity index (χ4v) is 2.91. The highest BCUT2D eigenvalue weighted by Gasteiger charge is 2.08. The molecule has 2 rings (SSSR count). The van der Waals surface area contributed by atoms with E-state index in [0.29, 0.717) is 10.4 Å². The van der Waals surface area contributed by atoms with Crippen LogP contribution in [0.5, 0.6) is 0 Å². The molecule has 1 aromatic heterocycles. The van der Waals surface area contributed by atoms with Gasteiger partial charge in [-0.25, -0.2) is 9.37 Å². The number of halogens is 3. The number of thiazole rings is 1. The van der Waals surface area contributed by atoms with Crippen LogP contribution in [0.1, 0.15) is 5.69 Å². The fraction of sp³-hybridized carbons (Fsp3) is 0.100. The molecule has 0 amide bonds. The van der Waals surface area contributed by atoms with Gasteiger partial charge in [0.05, 0.1) is 11.6 Å². The van der Waals surface area contributed by atoms with Crippen LogP contribution in [-0.4, -0.2) is 4.98 Å². The maximum atomic E-state index is 12.9. The Morgan fingerprint density at radius 1 is 1.47 bits per heavy atom. The summed E-state index contributed by atoms with van der Waals surface area (Å²) in [6, 6.07) is 4.55. The number of hydrogen-bond donors (Lipinski definition) is 0. The minimum atomic E-state index is -0.264. The first-order chi connectivity index (χ1) is 7.20. The van der Waals surface area contributed by atoms with Gasteiger partial charge >= 0.3 is 0 Å². The second-order valence-electron chi connectivity index (χ2n) is 2.90. The first-order valence-corrected chi connectivity index (χ1v) is 6.37. The fourth-order valence-electron chi connectivity index (χ4n) is 1.15. The highest BCUT2D eigenvalue weighted by molar-refractivity contribution is 9.10. The van der Waals surface area contributed by atoms with Crippen LogP contribution < -0.4 is 0 Å². The Bertz CT molecular complexity index is 486. The first-order valence-electron chi connectivity index (χ1n) is 4.16. The van der Waals surface area contributed by atoms with E-state index >= 15 is 0 Å². The number of aromatic nitrogens is 1. The molecule has 0 aliphatic rings. The van der Waals surface area contributed by atoms with Gasteiger partial charge in [0.15, 0.2) is 0 Å². The maximum Gasteiger partial charge on any atom is 0.124 e. The topological polar surface area (TPSA) is 12.9 Å². The Morgan fingerprint density at radius 2 is 2.27 bits per heavy atom. The summed E-state index contributed by atoms with van der Waals surface area (Å²) < 4.78 is 13.6. The highest BCUT2D eigenvalue weighted by atomic mass is 79.9. The Balaban J connectivity index is 2.44. The van der Waals surface area contributed by atoms with Gasteiger partial charge in [0.2, 0.25) is 0 Å². The lowest BCUT2D eigenvalue weighted by molar-refractivity contribution is 0.627. The quantitative estimate of drug-likeness (QED) is 0.747. The van der Waals surface area contributed by atoms with Crippen molar-refractivity contribution in [3.8, 4) is 10.6 Å². The molecule has 78 valence electrons. The molecule has 1 aromatic carbocycles. The predicted octanol–water partition coefficient (Wildman–Crippen LogP) is 4.45. The van der Waals surface area contributed by atoms with Crippen molar-refractivity contribution >= 4 is 38.9 Å². The zero-order chi connectivity index (χ0) is 10.8. The van der Waals surface area contributed by atoms with Gasteiger partial charge in [-0.1, -0.05) is 0 Å². The van der Waals surface area contributed by atoms with Crippen molar-refractivity contribution in [3.05, 3.63) is 39.6 Å². The van der Waals surface area contributed by atoms with Crippen LogP contribution in [0, 0.1) is 5.82 Å². The molecule has 0 fully saturated rings. The average molecular weight is 307 g/mol. The van der Waals surface area contributed by atoms with E-state index in [1.54, 1.807) is 6.07 Å². The van der Waals surface area contributed by atoms with Crippen molar-refractivity contribution in [2.45, 2.75) is 5.88 Å². The molecular formula is C10H6BrClFNS. The molecule has 5 heteroatoms. The normalized spacial score (nSPS) is 10.6. The van der Waals surface area contributed by atoms with Crippen molar-refractivity contribution in [1.29, 1.82) is 0 Å². The van der Waals surface area contributed by atoms with Crippen molar-refractivity contribution in [3.63, 3.8) is 0 Å². The molecule has 0 spiro atoms. The van der Waals surface area contributed by atoms with Crippen molar-refractivity contribution in [2.24, 2.45) is 0 Å². The van der Waals surface area contributed by atoms with Crippen LogP contribution in [0.25, 0.3) is 10.6 Å². The summed E-state index contributed by atoms with van der Waals surface area (Å²) in [6.07, 6.45) is 0. The molecule has 0 saturated heterocycles. The first kappa shape index (κ1) is 11.0. The molecule has 0 aliphatic carbocycles. The molecule has 0 bridgehead atoms. The van der Waals surface area contributed by atoms with E-state index in [2.05, 4.69) is 20.9 Å². The predicted molar refractivity (Wildman–Crippen MR) is 64.8 cm³/mol. The van der Waals surface area contributed by atoms with Gasteiger partial charge in [-0.15, -0.1) is 22.9 Å². The summed E-state index contributed by atoms with van der Waals surface area (Å²) in [5, 5.41) is 2.75. The molecule has 0 saturated carbocycles. The van der Waals surface area contributed by atoms with E-state index in [1.807, 2.05) is 5.38 Å². The third kappa shape index (κ3) is 2.38. The second kappa shape index (κ2) is 4.60. The summed E-state index contributed by atoms with van der Waals surface area (Å²) in [5.41, 5.74) is 1.73. The number of alkyl halides is 1. The van der Waals surface area contributed by atoms with Crippen molar-refractivity contribution in [1.82, 2.24) is 4.98 Å². The van der Waals surface area contributed by atoms with Gasteiger partial charge in [-0.05, 0) is 34.1 Å². The van der Waals surface area contributed by atoms with Crippen LogP contribution in [0.3, 0.4) is 0 Å². The highest BCUT2D eigenvalue weighted by Crippen LogP contribution is 2.31. The minimum Gasteiger partial charge on any atom is -0.240 e. The van der Waals surface area contributed by atoms with Crippen LogP contribution >= 0.6 is 38.9 Å². The van der Waals surface area contributed by atoms with E-state index in [1.165, 1.54) is 23.5 Å². The molecule has 0 radical (unpaired) electrons. The van der Waals surface area contributed by atoms with Crippen LogP contribution in [0.15, 0.2) is 28.1 Å². The summed E-state index contributed by atoms with van der Waals surface area (Å²) in [4.78, 5) is 4.32. The summed E-state index contributed by atoms with van der Waals surface area (Å²) in [6.45, 7) is 0. The van der Waals surface area contributed by atoms with E-state index in [9.17, 15) is 4.39 Å². The SMILES string of the molecule is Fc1ccc(-c2nc(CCl)cs2)c(Br)c1. The number of nitrogens with zero attached hydrogens (tertiary/aromatic N) is 1. The van der Waals surface area contributed by atoms with Gasteiger partial charge in [0.1, 0.15) is 10.8 Å². The van der Waals surface area contributed by atoms with Gasteiger partial charge in [0.25, 0.3) is 0 Å². The van der Waals surface area contributed by atoms with E-state index in [0.717, 1.165) is 16.3 Å². The molecule has 0 aliphatic heterocycles. The zero-order valence-electron chi connectivity index (χ0n) is 7.51. The maximum absolute atomic E-state index is 12.9. The molecule has 0 N–H and O–H groups in total. The van der Waals surface area contributed by atoms with E-state index in [-0.39, 0.29) is 5.82 Å². The molecule has 0 atom stereocenters. The number of rotatable bonds is 2. The Kier molecular flexibility index (Phi) is 3.38. The molecule has 15 heavy (non-hydrogen) atoms. The monoisotopic (exact) mass is 305 g/mol. The van der Waals surface area contributed by atoms with Gasteiger partial charge in [-0.3, -0.25) is 0 Å². The molecule has 1 nitrogen and oxygen atoms in total. The zero-order valence-corrected chi connectivity index (χ0v) is 10.7. The smallest absolute Gasteiger partial charge is 0.124 e. The standard InChI is InChI=1S/C10H6BrClFNS/c11-9-3-6(13)1-2-8(9)10-14-7(4-12)5-15-10/h1-3,5H,4H2. The number of benzene rings is 1. The van der Waals surface area contributed by atoms with Crippen LogP contribution in [0.4, 0.5) is 4.39 Å². The van der Waals surface area contributed by atoms with Gasteiger partial charge in [0, 0.05) is 15.4 Å². The lowest BCUT2D eigenvalue weighted by Gasteiger charge is -1.99. The van der Waals surface area contributed by atoms with E-state index in [4.69, 9.17) is 11.6 Å². The van der Waals surface area contributed by atoms with Crippen molar-refractivity contribution in [2.75, 3.05) is 0 Å². The van der Waals surface area contributed by atoms with Gasteiger partial charge < -0.3 is 0 Å². The summed E-state index contributed by atoms with van der Waals surface area (Å²) in [5.74, 6) is 0.134. The third-order valence-corrected chi connectivity index (χ3v) is 3.70. The molecule has 1 heterocycles. The Hall–Kier alpha value is -0.450. The lowest BCUT2D eigenvalue weighted by Crippen LogP contribution is -1.82. The van der Waals surface area contributed by atoms with Gasteiger partial charge in [-0.2, -0.15) is 0 Å². The van der Waals surface area contributed by atoms with Crippen LogP contribution in [0.2, 0.25) is 0 Å². The van der Waals surface area contributed by atoms with Crippen molar-refractivity contribution < 1.29 is 4.39 Å². The Labute approximate surface area is 104 Å².